The van der Waals surface area contributed by atoms with Crippen molar-refractivity contribution in [1.29, 1.82) is 0 Å². The van der Waals surface area contributed by atoms with E-state index < -0.39 is 11.4 Å². The second-order valence-electron chi connectivity index (χ2n) is 7.91. The first-order valence-corrected chi connectivity index (χ1v) is 10.3. The maximum atomic E-state index is 13.8. The van der Waals surface area contributed by atoms with Gasteiger partial charge < -0.3 is 15.1 Å². The second kappa shape index (κ2) is 7.33. The SMILES string of the molecule is C=CC(=O)N1CCC(n2nc3c(=O)[nH]nc(N)c3c2-c2oc3cc(F)ccc3c2C)CC1. The van der Waals surface area contributed by atoms with Crippen LogP contribution >= 0.6 is 0 Å². The molecule has 4 aromatic rings. The van der Waals surface area contributed by atoms with Gasteiger partial charge in [0.05, 0.1) is 11.4 Å². The van der Waals surface area contributed by atoms with Crippen molar-refractivity contribution in [2.45, 2.75) is 25.8 Å². The normalized spacial score (nSPS) is 15.0. The zero-order chi connectivity index (χ0) is 22.6. The van der Waals surface area contributed by atoms with Crippen molar-refractivity contribution in [3.8, 4) is 11.5 Å². The van der Waals surface area contributed by atoms with E-state index in [9.17, 15) is 14.0 Å². The summed E-state index contributed by atoms with van der Waals surface area (Å²) in [5.74, 6) is 0.0466. The number of halogens is 1. The van der Waals surface area contributed by atoms with Gasteiger partial charge in [0.1, 0.15) is 17.1 Å². The van der Waals surface area contributed by atoms with Gasteiger partial charge in [0, 0.05) is 30.1 Å². The van der Waals surface area contributed by atoms with Crippen LogP contribution in [0.1, 0.15) is 24.4 Å². The van der Waals surface area contributed by atoms with E-state index in [1.54, 1.807) is 15.6 Å². The van der Waals surface area contributed by atoms with Crippen molar-refractivity contribution >= 4 is 33.6 Å². The Kier molecular flexibility index (Phi) is 4.58. The Bertz CT molecular complexity index is 1440. The molecule has 4 heterocycles. The lowest BCUT2D eigenvalue weighted by Gasteiger charge is -2.32. The number of nitrogens with zero attached hydrogens (tertiary/aromatic N) is 4. The molecule has 10 heteroatoms. The fourth-order valence-corrected chi connectivity index (χ4v) is 4.42. The summed E-state index contributed by atoms with van der Waals surface area (Å²) in [7, 11) is 0. The van der Waals surface area contributed by atoms with Crippen molar-refractivity contribution in [3.63, 3.8) is 0 Å². The van der Waals surface area contributed by atoms with Crippen molar-refractivity contribution in [3.05, 3.63) is 52.6 Å². The predicted octanol–water partition coefficient (Wildman–Crippen LogP) is 2.91. The highest BCUT2D eigenvalue weighted by Gasteiger charge is 2.30. The van der Waals surface area contributed by atoms with Crippen LogP contribution in [0, 0.1) is 12.7 Å². The number of nitrogens with one attached hydrogen (secondary N) is 1. The molecule has 164 valence electrons. The van der Waals surface area contributed by atoms with Crippen LogP contribution in [0.15, 0.2) is 40.1 Å². The minimum atomic E-state index is -0.465. The van der Waals surface area contributed by atoms with Gasteiger partial charge in [-0.1, -0.05) is 6.58 Å². The molecule has 9 nitrogen and oxygen atoms in total. The lowest BCUT2D eigenvalue weighted by molar-refractivity contribution is -0.127. The molecular weight excluding hydrogens is 415 g/mol. The largest absolute Gasteiger partial charge is 0.454 e. The van der Waals surface area contributed by atoms with Gasteiger partial charge in [-0.05, 0) is 38.0 Å². The molecule has 3 aromatic heterocycles. The smallest absolute Gasteiger partial charge is 0.292 e. The molecule has 0 atom stereocenters. The summed E-state index contributed by atoms with van der Waals surface area (Å²) in [6.07, 6.45) is 2.55. The highest BCUT2D eigenvalue weighted by molar-refractivity contribution is 6.01. The second-order valence-corrected chi connectivity index (χ2v) is 7.91. The van der Waals surface area contributed by atoms with E-state index in [-0.39, 0.29) is 23.3 Å². The number of fused-ring (bicyclic) bond motifs is 2. The number of nitrogen functional groups attached to an aromatic ring is 1. The van der Waals surface area contributed by atoms with Gasteiger partial charge in [-0.15, -0.1) is 0 Å². The first kappa shape index (κ1) is 20.0. The van der Waals surface area contributed by atoms with E-state index in [2.05, 4.69) is 21.9 Å². The topological polar surface area (TPSA) is 123 Å². The van der Waals surface area contributed by atoms with Crippen LogP contribution in [-0.4, -0.2) is 43.9 Å². The van der Waals surface area contributed by atoms with Crippen LogP contribution in [0.25, 0.3) is 33.3 Å². The lowest BCUT2D eigenvalue weighted by Crippen LogP contribution is -2.38. The molecule has 3 N–H and O–H groups in total. The number of rotatable bonds is 3. The summed E-state index contributed by atoms with van der Waals surface area (Å²) in [5, 5.41) is 12.0. The molecule has 0 aliphatic carbocycles. The minimum absolute atomic E-state index is 0.102. The Hall–Kier alpha value is -3.95. The first-order valence-electron chi connectivity index (χ1n) is 10.3. The van der Waals surface area contributed by atoms with Gasteiger partial charge >= 0.3 is 0 Å². The quantitative estimate of drug-likeness (QED) is 0.476. The van der Waals surface area contributed by atoms with Crippen molar-refractivity contribution in [1.82, 2.24) is 24.9 Å². The molecular formula is C22H21FN6O3. The molecule has 1 aliphatic heterocycles. The third kappa shape index (κ3) is 2.98. The molecule has 0 radical (unpaired) electrons. The van der Waals surface area contributed by atoms with E-state index in [0.29, 0.717) is 48.4 Å². The number of likely N-dealkylation sites (tertiary alicyclic amines) is 1. The number of aryl methyl sites for hydroxylation is 1. The number of carbonyl (C=O) groups is 1. The zero-order valence-electron chi connectivity index (χ0n) is 17.4. The van der Waals surface area contributed by atoms with Crippen LogP contribution in [0.2, 0.25) is 0 Å². The van der Waals surface area contributed by atoms with Gasteiger partial charge in [-0.3, -0.25) is 14.3 Å². The van der Waals surface area contributed by atoms with E-state index in [4.69, 9.17) is 10.2 Å². The molecule has 32 heavy (non-hydrogen) atoms. The number of aromatic amines is 1. The minimum Gasteiger partial charge on any atom is -0.454 e. The number of benzene rings is 1. The molecule has 1 aliphatic rings. The highest BCUT2D eigenvalue weighted by atomic mass is 19.1. The fraction of sp³-hybridized carbons (Fsp3) is 0.273. The molecule has 0 bridgehead atoms. The molecule has 1 fully saturated rings. The number of aromatic nitrogens is 4. The Morgan fingerprint density at radius 2 is 2.12 bits per heavy atom. The van der Waals surface area contributed by atoms with E-state index in [1.165, 1.54) is 18.2 Å². The Morgan fingerprint density at radius 3 is 2.84 bits per heavy atom. The molecule has 1 amide bonds. The maximum absolute atomic E-state index is 13.8. The predicted molar refractivity (Wildman–Crippen MR) is 118 cm³/mol. The summed E-state index contributed by atoms with van der Waals surface area (Å²) in [6.45, 7) is 6.46. The number of nitrogens with two attached hydrogens (primary N) is 1. The lowest BCUT2D eigenvalue weighted by atomic mass is 10.0. The summed E-state index contributed by atoms with van der Waals surface area (Å²) in [6, 6.07) is 4.25. The van der Waals surface area contributed by atoms with Crippen LogP contribution < -0.4 is 11.3 Å². The van der Waals surface area contributed by atoms with E-state index in [0.717, 1.165) is 10.9 Å². The zero-order valence-corrected chi connectivity index (χ0v) is 17.4. The number of carbonyl (C=O) groups excluding carboxylic acids is 1. The molecule has 0 saturated carbocycles. The van der Waals surface area contributed by atoms with Crippen LogP contribution in [0.4, 0.5) is 10.2 Å². The molecule has 0 unspecified atom stereocenters. The van der Waals surface area contributed by atoms with Gasteiger partial charge in [-0.2, -0.15) is 10.2 Å². The number of piperidine rings is 1. The number of anilines is 1. The van der Waals surface area contributed by atoms with Crippen LogP contribution in [0.3, 0.4) is 0 Å². The monoisotopic (exact) mass is 436 g/mol. The number of hydrogen-bond acceptors (Lipinski definition) is 6. The Balaban J connectivity index is 1.71. The summed E-state index contributed by atoms with van der Waals surface area (Å²) in [5.41, 5.74) is 7.54. The van der Waals surface area contributed by atoms with Gasteiger partial charge in [0.15, 0.2) is 17.1 Å². The van der Waals surface area contributed by atoms with Gasteiger partial charge in [0.2, 0.25) is 5.91 Å². The number of furan rings is 1. The molecule has 0 spiro atoms. The van der Waals surface area contributed by atoms with E-state index in [1.807, 2.05) is 6.92 Å². The number of H-pyrrole nitrogens is 1. The van der Waals surface area contributed by atoms with Crippen LogP contribution in [-0.2, 0) is 4.79 Å². The number of hydrogen-bond donors (Lipinski definition) is 2. The number of amides is 1. The van der Waals surface area contributed by atoms with Gasteiger partial charge in [0.25, 0.3) is 5.56 Å². The molecule has 1 saturated heterocycles. The first-order chi connectivity index (χ1) is 15.4. The van der Waals surface area contributed by atoms with Crippen molar-refractivity contribution < 1.29 is 13.6 Å². The molecule has 5 rings (SSSR count). The standard InChI is InChI=1S/C22H21FN6O3/c1-3-16(30)28-8-6-13(7-9-28)29-19(17-18(27-29)22(31)26-25-21(17)24)20-11(2)14-5-4-12(23)10-15(14)32-20/h3-5,10,13H,1,6-9H2,2H3,(H2,24,25)(H,26,31). The summed E-state index contributed by atoms with van der Waals surface area (Å²) >= 11 is 0. The van der Waals surface area contributed by atoms with Crippen LogP contribution in [0.5, 0.6) is 0 Å². The average molecular weight is 436 g/mol. The third-order valence-corrected chi connectivity index (χ3v) is 6.07. The Morgan fingerprint density at radius 1 is 1.38 bits per heavy atom. The molecule has 1 aromatic carbocycles. The maximum Gasteiger partial charge on any atom is 0.292 e. The summed E-state index contributed by atoms with van der Waals surface area (Å²) in [4.78, 5) is 26.2. The van der Waals surface area contributed by atoms with Crippen molar-refractivity contribution in [2.75, 3.05) is 18.8 Å². The van der Waals surface area contributed by atoms with E-state index >= 15 is 0 Å². The third-order valence-electron chi connectivity index (χ3n) is 6.07. The fourth-order valence-electron chi connectivity index (χ4n) is 4.42. The van der Waals surface area contributed by atoms with Crippen molar-refractivity contribution in [2.24, 2.45) is 0 Å². The van der Waals surface area contributed by atoms with Gasteiger partial charge in [-0.25, -0.2) is 9.49 Å². The highest BCUT2D eigenvalue weighted by Crippen LogP contribution is 2.40. The summed E-state index contributed by atoms with van der Waals surface area (Å²) < 4.78 is 21.6. The Labute approximate surface area is 181 Å². The average Bonchev–Trinajstić information content (AvgIpc) is 3.34.